The molecule has 11 rings (SSSR count). The monoisotopic (exact) mass is 729 g/mol. The maximum Gasteiger partial charge on any atom is 0.137 e. The molecule has 0 saturated heterocycles. The van der Waals surface area contributed by atoms with Crippen molar-refractivity contribution in [3.8, 4) is 44.5 Å². The van der Waals surface area contributed by atoms with E-state index in [1.165, 1.54) is 27.8 Å². The first kappa shape index (κ1) is 32.8. The third-order valence-corrected chi connectivity index (χ3v) is 11.1. The van der Waals surface area contributed by atoms with E-state index in [1.54, 1.807) is 0 Å². The fourth-order valence-electron chi connectivity index (χ4n) is 8.20. The maximum atomic E-state index is 6.39. The molecule has 0 radical (unpaired) electrons. The Morgan fingerprint density at radius 3 is 1.12 bits per heavy atom. The van der Waals surface area contributed by atoms with Crippen molar-refractivity contribution in [2.75, 3.05) is 4.90 Å². The summed E-state index contributed by atoms with van der Waals surface area (Å²) >= 11 is 0. The third kappa shape index (κ3) is 5.94. The van der Waals surface area contributed by atoms with Gasteiger partial charge in [-0.1, -0.05) is 127 Å². The van der Waals surface area contributed by atoms with Crippen molar-refractivity contribution in [3.05, 3.63) is 212 Å². The van der Waals surface area contributed by atoms with Gasteiger partial charge in [0, 0.05) is 44.7 Å². The van der Waals surface area contributed by atoms with Gasteiger partial charge in [-0.2, -0.15) is 0 Å². The van der Waals surface area contributed by atoms with E-state index in [0.717, 1.165) is 77.6 Å². The molecule has 0 saturated carbocycles. The third-order valence-electron chi connectivity index (χ3n) is 11.1. The van der Waals surface area contributed by atoms with Crippen LogP contribution >= 0.6 is 0 Å². The first-order valence-electron chi connectivity index (χ1n) is 19.3. The molecule has 3 nitrogen and oxygen atoms in total. The van der Waals surface area contributed by atoms with Gasteiger partial charge >= 0.3 is 0 Å². The number of para-hydroxylation sites is 2. The number of benzene rings is 9. The molecule has 0 unspecified atom stereocenters. The molecular formula is C54H35NO2. The highest BCUT2D eigenvalue weighted by Gasteiger charge is 2.17. The SMILES string of the molecule is c1ccc(-c2cc(-c3ccccc3)cc(-c3ccc(N(c4ccc(-c5ccc6c(c5)oc5ccccc56)cc4)c4ccc5c(c4)oc4ccccc45)cc3)c2)cc1. The summed E-state index contributed by atoms with van der Waals surface area (Å²) in [7, 11) is 0. The number of hydrogen-bond acceptors (Lipinski definition) is 3. The molecule has 57 heavy (non-hydrogen) atoms. The van der Waals surface area contributed by atoms with Gasteiger partial charge < -0.3 is 13.7 Å². The van der Waals surface area contributed by atoms with Gasteiger partial charge in [0.25, 0.3) is 0 Å². The van der Waals surface area contributed by atoms with Crippen LogP contribution in [-0.2, 0) is 0 Å². The van der Waals surface area contributed by atoms with Crippen molar-refractivity contribution in [3.63, 3.8) is 0 Å². The molecule has 0 aliphatic rings. The van der Waals surface area contributed by atoms with Gasteiger partial charge in [-0.15, -0.1) is 0 Å². The Bertz CT molecular complexity index is 3150. The Kier molecular flexibility index (Phi) is 7.82. The Labute approximate surface area is 330 Å². The molecule has 3 heteroatoms. The van der Waals surface area contributed by atoms with Crippen LogP contribution in [0.1, 0.15) is 0 Å². The first-order valence-corrected chi connectivity index (χ1v) is 19.3. The molecule has 0 N–H and O–H groups in total. The molecule has 0 aliphatic carbocycles. The van der Waals surface area contributed by atoms with E-state index in [2.05, 4.69) is 193 Å². The molecule has 268 valence electrons. The fourth-order valence-corrected chi connectivity index (χ4v) is 8.20. The average Bonchev–Trinajstić information content (AvgIpc) is 3.85. The molecule has 0 amide bonds. The highest BCUT2D eigenvalue weighted by atomic mass is 16.3. The molecule has 0 fully saturated rings. The predicted octanol–water partition coefficient (Wildman–Crippen LogP) is 15.6. The topological polar surface area (TPSA) is 29.5 Å². The standard InChI is InChI=1S/C54H35NO2/c1-3-11-36(12-4-1)41-31-42(37-13-5-2-6-14-37)33-43(32-41)39-21-26-45(27-22-39)55(46-28-30-50-48-16-8-10-18-52(48)57-54(50)35-46)44-24-19-38(20-25-44)40-23-29-49-47-15-7-9-17-51(47)56-53(49)34-40/h1-35H. The van der Waals surface area contributed by atoms with Crippen molar-refractivity contribution < 1.29 is 8.83 Å². The lowest BCUT2D eigenvalue weighted by Crippen LogP contribution is -2.09. The largest absolute Gasteiger partial charge is 0.456 e. The quantitative estimate of drug-likeness (QED) is 0.164. The van der Waals surface area contributed by atoms with Gasteiger partial charge in [0.05, 0.1) is 0 Å². The van der Waals surface area contributed by atoms with Crippen LogP contribution in [0, 0.1) is 0 Å². The zero-order valence-corrected chi connectivity index (χ0v) is 31.0. The molecular weight excluding hydrogens is 695 g/mol. The van der Waals surface area contributed by atoms with Crippen LogP contribution in [0.3, 0.4) is 0 Å². The van der Waals surface area contributed by atoms with Gasteiger partial charge in [-0.3, -0.25) is 0 Å². The summed E-state index contributed by atoms with van der Waals surface area (Å²) in [6.45, 7) is 0. The lowest BCUT2D eigenvalue weighted by atomic mass is 9.93. The smallest absolute Gasteiger partial charge is 0.137 e. The summed E-state index contributed by atoms with van der Waals surface area (Å²) < 4.78 is 12.6. The van der Waals surface area contributed by atoms with E-state index in [1.807, 2.05) is 24.3 Å². The minimum absolute atomic E-state index is 0.859. The average molecular weight is 730 g/mol. The molecule has 2 heterocycles. The Balaban J connectivity index is 1.00. The van der Waals surface area contributed by atoms with Crippen LogP contribution in [0.15, 0.2) is 221 Å². The maximum absolute atomic E-state index is 6.39. The van der Waals surface area contributed by atoms with Crippen molar-refractivity contribution in [2.24, 2.45) is 0 Å². The molecule has 0 atom stereocenters. The number of hydrogen-bond donors (Lipinski definition) is 0. The lowest BCUT2D eigenvalue weighted by molar-refractivity contribution is 0.668. The fraction of sp³-hybridized carbons (Fsp3) is 0. The van der Waals surface area contributed by atoms with Crippen LogP contribution in [-0.4, -0.2) is 0 Å². The van der Waals surface area contributed by atoms with Crippen LogP contribution in [0.5, 0.6) is 0 Å². The molecule has 0 spiro atoms. The van der Waals surface area contributed by atoms with Crippen LogP contribution in [0.2, 0.25) is 0 Å². The number of fused-ring (bicyclic) bond motifs is 6. The lowest BCUT2D eigenvalue weighted by Gasteiger charge is -2.26. The molecule has 0 bridgehead atoms. The number of nitrogens with zero attached hydrogens (tertiary/aromatic N) is 1. The van der Waals surface area contributed by atoms with Crippen LogP contribution in [0.4, 0.5) is 17.1 Å². The summed E-state index contributed by atoms with van der Waals surface area (Å²) in [6, 6.07) is 75.3. The van der Waals surface area contributed by atoms with Crippen molar-refractivity contribution >= 4 is 60.9 Å². The van der Waals surface area contributed by atoms with E-state index in [-0.39, 0.29) is 0 Å². The van der Waals surface area contributed by atoms with Gasteiger partial charge in [0.2, 0.25) is 0 Å². The summed E-state index contributed by atoms with van der Waals surface area (Å²) in [4.78, 5) is 2.30. The first-order chi connectivity index (χ1) is 28.2. The van der Waals surface area contributed by atoms with Gasteiger partial charge in [-0.25, -0.2) is 0 Å². The Hall–Kier alpha value is -7.62. The summed E-state index contributed by atoms with van der Waals surface area (Å²) in [5.41, 5.74) is 16.0. The summed E-state index contributed by atoms with van der Waals surface area (Å²) in [5.74, 6) is 0. The normalized spacial score (nSPS) is 11.5. The zero-order valence-electron chi connectivity index (χ0n) is 31.0. The number of anilines is 3. The second-order valence-electron chi connectivity index (χ2n) is 14.5. The zero-order chi connectivity index (χ0) is 37.7. The molecule has 9 aromatic carbocycles. The molecule has 2 aromatic heterocycles. The second-order valence-corrected chi connectivity index (χ2v) is 14.5. The molecule has 11 aromatic rings. The predicted molar refractivity (Wildman–Crippen MR) is 237 cm³/mol. The second kappa shape index (κ2) is 13.6. The number of furan rings is 2. The van der Waals surface area contributed by atoms with Crippen molar-refractivity contribution in [1.29, 1.82) is 0 Å². The van der Waals surface area contributed by atoms with Crippen LogP contribution in [0.25, 0.3) is 88.4 Å². The van der Waals surface area contributed by atoms with E-state index in [9.17, 15) is 0 Å². The Morgan fingerprint density at radius 1 is 0.228 bits per heavy atom. The van der Waals surface area contributed by atoms with Gasteiger partial charge in [-0.05, 0) is 123 Å². The van der Waals surface area contributed by atoms with Gasteiger partial charge in [0.1, 0.15) is 22.3 Å². The molecule has 0 aliphatic heterocycles. The van der Waals surface area contributed by atoms with E-state index in [4.69, 9.17) is 8.83 Å². The summed E-state index contributed by atoms with van der Waals surface area (Å²) in [6.07, 6.45) is 0. The minimum Gasteiger partial charge on any atom is -0.456 e. The highest BCUT2D eigenvalue weighted by Crippen LogP contribution is 2.41. The summed E-state index contributed by atoms with van der Waals surface area (Å²) in [5, 5.41) is 4.49. The minimum atomic E-state index is 0.859. The van der Waals surface area contributed by atoms with E-state index < -0.39 is 0 Å². The van der Waals surface area contributed by atoms with Crippen molar-refractivity contribution in [1.82, 2.24) is 0 Å². The van der Waals surface area contributed by atoms with E-state index >= 15 is 0 Å². The van der Waals surface area contributed by atoms with E-state index in [0.29, 0.717) is 0 Å². The van der Waals surface area contributed by atoms with Crippen LogP contribution < -0.4 is 4.90 Å². The number of rotatable bonds is 7. The van der Waals surface area contributed by atoms with Crippen molar-refractivity contribution in [2.45, 2.75) is 0 Å². The Morgan fingerprint density at radius 2 is 0.596 bits per heavy atom. The highest BCUT2D eigenvalue weighted by molar-refractivity contribution is 6.07. The van der Waals surface area contributed by atoms with Gasteiger partial charge in [0.15, 0.2) is 0 Å².